The number of hydrogen-bond acceptors (Lipinski definition) is 2. The number of nitrogens with two attached hydrogens (primary N) is 1. The van der Waals surface area contributed by atoms with Crippen LogP contribution in [-0.2, 0) is 0 Å². The van der Waals surface area contributed by atoms with Gasteiger partial charge in [-0.05, 0) is 42.4 Å². The molecule has 0 spiro atoms. The third-order valence-corrected chi connectivity index (χ3v) is 4.25. The highest BCUT2D eigenvalue weighted by Gasteiger charge is 2.32. The molecule has 3 heteroatoms. The van der Waals surface area contributed by atoms with Crippen LogP contribution in [0, 0.1) is 17.2 Å². The van der Waals surface area contributed by atoms with Gasteiger partial charge in [-0.25, -0.2) is 4.39 Å². The van der Waals surface area contributed by atoms with Gasteiger partial charge in [-0.1, -0.05) is 26.8 Å². The van der Waals surface area contributed by atoms with Crippen molar-refractivity contribution in [3.63, 3.8) is 0 Å². The minimum absolute atomic E-state index is 0.121. The summed E-state index contributed by atoms with van der Waals surface area (Å²) in [6.07, 6.45) is 1.14. The van der Waals surface area contributed by atoms with Gasteiger partial charge in [-0.2, -0.15) is 0 Å². The number of halogens is 1. The highest BCUT2D eigenvalue weighted by molar-refractivity contribution is 5.50. The zero-order valence-corrected chi connectivity index (χ0v) is 12.4. The predicted octanol–water partition coefficient (Wildman–Crippen LogP) is 3.72. The minimum atomic E-state index is -0.149. The summed E-state index contributed by atoms with van der Waals surface area (Å²) in [4.78, 5) is 2.16. The smallest absolute Gasteiger partial charge is 0.146 e. The van der Waals surface area contributed by atoms with E-state index >= 15 is 0 Å². The summed E-state index contributed by atoms with van der Waals surface area (Å²) < 4.78 is 14.2. The Morgan fingerprint density at radius 1 is 1.37 bits per heavy atom. The molecule has 0 aromatic heterocycles. The molecule has 1 aromatic rings. The van der Waals surface area contributed by atoms with E-state index in [1.54, 1.807) is 6.07 Å². The summed E-state index contributed by atoms with van der Waals surface area (Å²) in [5.41, 5.74) is 7.65. The molecular formula is C16H25FN2. The Labute approximate surface area is 115 Å². The summed E-state index contributed by atoms with van der Waals surface area (Å²) in [7, 11) is 0. The van der Waals surface area contributed by atoms with Gasteiger partial charge in [0.25, 0.3) is 0 Å². The fraction of sp³-hybridized carbons (Fsp3) is 0.625. The van der Waals surface area contributed by atoms with Gasteiger partial charge < -0.3 is 10.6 Å². The van der Waals surface area contributed by atoms with Gasteiger partial charge in [0.05, 0.1) is 5.69 Å². The third-order valence-electron chi connectivity index (χ3n) is 4.25. The SMILES string of the molecule is CC(N)c1ccc(N2CCC(C(C)(C)C)C2)c(F)c1. The van der Waals surface area contributed by atoms with Crippen LogP contribution in [0.2, 0.25) is 0 Å². The molecule has 2 nitrogen and oxygen atoms in total. The molecule has 2 rings (SSSR count). The Bertz CT molecular complexity index is 449. The molecule has 106 valence electrons. The Morgan fingerprint density at radius 2 is 2.05 bits per heavy atom. The van der Waals surface area contributed by atoms with Crippen molar-refractivity contribution in [2.45, 2.75) is 40.2 Å². The molecule has 2 N–H and O–H groups in total. The Kier molecular flexibility index (Phi) is 3.86. The van der Waals surface area contributed by atoms with Crippen LogP contribution in [0.3, 0.4) is 0 Å². The first-order chi connectivity index (χ1) is 8.79. The predicted molar refractivity (Wildman–Crippen MR) is 78.8 cm³/mol. The maximum atomic E-state index is 14.2. The molecular weight excluding hydrogens is 239 g/mol. The first kappa shape index (κ1) is 14.3. The molecule has 1 fully saturated rings. The molecule has 0 amide bonds. The van der Waals surface area contributed by atoms with Crippen LogP contribution in [-0.4, -0.2) is 13.1 Å². The summed E-state index contributed by atoms with van der Waals surface area (Å²) in [6, 6.07) is 5.27. The van der Waals surface area contributed by atoms with Crippen molar-refractivity contribution in [2.24, 2.45) is 17.1 Å². The Balaban J connectivity index is 2.16. The standard InChI is InChI=1S/C16H25FN2/c1-11(18)12-5-6-15(14(17)9-12)19-8-7-13(10-19)16(2,3)4/h5-6,9,11,13H,7-8,10,18H2,1-4H3. The van der Waals surface area contributed by atoms with Crippen molar-refractivity contribution in [1.82, 2.24) is 0 Å². The molecule has 1 saturated heterocycles. The average molecular weight is 264 g/mol. The van der Waals surface area contributed by atoms with Gasteiger partial charge in [0.15, 0.2) is 0 Å². The Morgan fingerprint density at radius 3 is 2.53 bits per heavy atom. The van der Waals surface area contributed by atoms with Gasteiger partial charge in [-0.15, -0.1) is 0 Å². The number of hydrogen-bond donors (Lipinski definition) is 1. The maximum Gasteiger partial charge on any atom is 0.146 e. The molecule has 0 aliphatic carbocycles. The normalized spacial score (nSPS) is 21.8. The quantitative estimate of drug-likeness (QED) is 0.882. The van der Waals surface area contributed by atoms with Gasteiger partial charge in [0.2, 0.25) is 0 Å². The first-order valence-corrected chi connectivity index (χ1v) is 7.09. The summed E-state index contributed by atoms with van der Waals surface area (Å²) >= 11 is 0. The number of benzene rings is 1. The minimum Gasteiger partial charge on any atom is -0.369 e. The molecule has 2 atom stereocenters. The lowest BCUT2D eigenvalue weighted by Gasteiger charge is -2.27. The van der Waals surface area contributed by atoms with Crippen molar-refractivity contribution in [2.75, 3.05) is 18.0 Å². The lowest BCUT2D eigenvalue weighted by Crippen LogP contribution is -2.26. The van der Waals surface area contributed by atoms with E-state index in [0.29, 0.717) is 5.92 Å². The van der Waals surface area contributed by atoms with E-state index in [2.05, 4.69) is 25.7 Å². The molecule has 0 bridgehead atoms. The third kappa shape index (κ3) is 3.08. The lowest BCUT2D eigenvalue weighted by atomic mass is 9.80. The molecule has 1 aliphatic rings. The second kappa shape index (κ2) is 5.12. The van der Waals surface area contributed by atoms with Crippen LogP contribution in [0.15, 0.2) is 18.2 Å². The molecule has 1 heterocycles. The van der Waals surface area contributed by atoms with Crippen molar-refractivity contribution >= 4 is 5.69 Å². The molecule has 1 aliphatic heterocycles. The van der Waals surface area contributed by atoms with Gasteiger partial charge >= 0.3 is 0 Å². The lowest BCUT2D eigenvalue weighted by molar-refractivity contribution is 0.263. The molecule has 0 radical (unpaired) electrons. The van der Waals surface area contributed by atoms with Crippen LogP contribution in [0.4, 0.5) is 10.1 Å². The van der Waals surface area contributed by atoms with Crippen LogP contribution in [0.1, 0.15) is 45.7 Å². The zero-order valence-electron chi connectivity index (χ0n) is 12.4. The fourth-order valence-corrected chi connectivity index (χ4v) is 2.75. The molecule has 2 unspecified atom stereocenters. The first-order valence-electron chi connectivity index (χ1n) is 7.09. The van der Waals surface area contributed by atoms with E-state index in [4.69, 9.17) is 5.73 Å². The van der Waals surface area contributed by atoms with E-state index in [0.717, 1.165) is 30.8 Å². The second-order valence-electron chi connectivity index (χ2n) is 6.80. The van der Waals surface area contributed by atoms with Crippen LogP contribution < -0.4 is 10.6 Å². The summed E-state index contributed by atoms with van der Waals surface area (Å²) in [5, 5.41) is 0. The van der Waals surface area contributed by atoms with Crippen molar-refractivity contribution in [3.8, 4) is 0 Å². The van der Waals surface area contributed by atoms with Gasteiger partial charge in [0, 0.05) is 19.1 Å². The van der Waals surface area contributed by atoms with Crippen LogP contribution in [0.25, 0.3) is 0 Å². The molecule has 0 saturated carbocycles. The van der Waals surface area contributed by atoms with E-state index < -0.39 is 0 Å². The average Bonchev–Trinajstić information content (AvgIpc) is 2.77. The zero-order chi connectivity index (χ0) is 14.2. The van der Waals surface area contributed by atoms with Crippen molar-refractivity contribution in [3.05, 3.63) is 29.6 Å². The summed E-state index contributed by atoms with van der Waals surface area (Å²) in [5.74, 6) is 0.476. The van der Waals surface area contributed by atoms with E-state index in [-0.39, 0.29) is 17.3 Å². The highest BCUT2D eigenvalue weighted by atomic mass is 19.1. The number of rotatable bonds is 2. The summed E-state index contributed by atoms with van der Waals surface area (Å²) in [6.45, 7) is 10.5. The van der Waals surface area contributed by atoms with E-state index in [1.165, 1.54) is 0 Å². The van der Waals surface area contributed by atoms with E-state index in [9.17, 15) is 4.39 Å². The highest BCUT2D eigenvalue weighted by Crippen LogP contribution is 2.36. The van der Waals surface area contributed by atoms with Crippen LogP contribution in [0.5, 0.6) is 0 Å². The van der Waals surface area contributed by atoms with Crippen LogP contribution >= 0.6 is 0 Å². The van der Waals surface area contributed by atoms with Gasteiger partial charge in [0.1, 0.15) is 5.82 Å². The molecule has 1 aromatic carbocycles. The van der Waals surface area contributed by atoms with Crippen molar-refractivity contribution < 1.29 is 4.39 Å². The number of anilines is 1. The molecule has 19 heavy (non-hydrogen) atoms. The fourth-order valence-electron chi connectivity index (χ4n) is 2.75. The monoisotopic (exact) mass is 264 g/mol. The Hall–Kier alpha value is -1.09. The topological polar surface area (TPSA) is 29.3 Å². The maximum absolute atomic E-state index is 14.2. The second-order valence-corrected chi connectivity index (χ2v) is 6.80. The van der Waals surface area contributed by atoms with Crippen molar-refractivity contribution in [1.29, 1.82) is 0 Å². The van der Waals surface area contributed by atoms with Gasteiger partial charge in [-0.3, -0.25) is 0 Å². The number of nitrogens with zero attached hydrogens (tertiary/aromatic N) is 1. The largest absolute Gasteiger partial charge is 0.369 e. The van der Waals surface area contributed by atoms with E-state index in [1.807, 2.05) is 19.1 Å².